The van der Waals surface area contributed by atoms with Crippen molar-refractivity contribution in [1.82, 2.24) is 15.0 Å². The SMILES string of the molecule is CCCNc1nc(-c2cnccc2C)nc(CC)c1Br. The summed E-state index contributed by atoms with van der Waals surface area (Å²) in [7, 11) is 0. The van der Waals surface area contributed by atoms with Crippen molar-refractivity contribution in [2.24, 2.45) is 0 Å². The topological polar surface area (TPSA) is 50.7 Å². The molecule has 0 saturated carbocycles. The first-order chi connectivity index (χ1) is 9.67. The molecule has 5 heteroatoms. The summed E-state index contributed by atoms with van der Waals surface area (Å²) in [6, 6.07) is 1.98. The summed E-state index contributed by atoms with van der Waals surface area (Å²) in [6.45, 7) is 7.17. The molecule has 0 aliphatic carbocycles. The molecule has 0 aromatic carbocycles. The lowest BCUT2D eigenvalue weighted by Gasteiger charge is -2.12. The van der Waals surface area contributed by atoms with Gasteiger partial charge in [-0.1, -0.05) is 13.8 Å². The summed E-state index contributed by atoms with van der Waals surface area (Å²) in [4.78, 5) is 13.5. The van der Waals surface area contributed by atoms with Gasteiger partial charge in [0.1, 0.15) is 5.82 Å². The number of aromatic nitrogens is 3. The largest absolute Gasteiger partial charge is 0.369 e. The zero-order chi connectivity index (χ0) is 14.5. The van der Waals surface area contributed by atoms with Crippen molar-refractivity contribution in [2.75, 3.05) is 11.9 Å². The van der Waals surface area contributed by atoms with Gasteiger partial charge < -0.3 is 5.32 Å². The zero-order valence-electron chi connectivity index (χ0n) is 12.1. The van der Waals surface area contributed by atoms with Gasteiger partial charge in [0, 0.05) is 24.5 Å². The molecule has 0 aliphatic heterocycles. The molecule has 20 heavy (non-hydrogen) atoms. The summed E-state index contributed by atoms with van der Waals surface area (Å²) < 4.78 is 0.957. The Kier molecular flexibility index (Phi) is 5.06. The number of nitrogens with one attached hydrogen (secondary N) is 1. The second-order valence-corrected chi connectivity index (χ2v) is 5.42. The molecule has 0 spiro atoms. The van der Waals surface area contributed by atoms with E-state index in [-0.39, 0.29) is 0 Å². The van der Waals surface area contributed by atoms with E-state index < -0.39 is 0 Å². The second kappa shape index (κ2) is 6.79. The minimum absolute atomic E-state index is 0.731. The van der Waals surface area contributed by atoms with Crippen molar-refractivity contribution < 1.29 is 0 Å². The van der Waals surface area contributed by atoms with Crippen LogP contribution in [-0.2, 0) is 6.42 Å². The average molecular weight is 335 g/mol. The van der Waals surface area contributed by atoms with E-state index in [2.05, 4.69) is 50.0 Å². The highest BCUT2D eigenvalue weighted by Gasteiger charge is 2.13. The van der Waals surface area contributed by atoms with E-state index >= 15 is 0 Å². The molecule has 2 aromatic heterocycles. The smallest absolute Gasteiger partial charge is 0.163 e. The molecular formula is C15H19BrN4. The molecular weight excluding hydrogens is 316 g/mol. The van der Waals surface area contributed by atoms with Crippen LogP contribution in [0, 0.1) is 6.92 Å². The van der Waals surface area contributed by atoms with Crippen LogP contribution >= 0.6 is 15.9 Å². The fourth-order valence-electron chi connectivity index (χ4n) is 1.91. The fraction of sp³-hybridized carbons (Fsp3) is 0.400. The lowest BCUT2D eigenvalue weighted by molar-refractivity contribution is 0.942. The lowest BCUT2D eigenvalue weighted by atomic mass is 10.1. The fourth-order valence-corrected chi connectivity index (χ4v) is 2.50. The Balaban J connectivity index is 2.51. The number of nitrogens with zero attached hydrogens (tertiary/aromatic N) is 3. The molecule has 0 amide bonds. The molecule has 0 radical (unpaired) electrons. The monoisotopic (exact) mass is 334 g/mol. The van der Waals surface area contributed by atoms with Crippen LogP contribution < -0.4 is 5.32 Å². The van der Waals surface area contributed by atoms with Crippen molar-refractivity contribution in [2.45, 2.75) is 33.6 Å². The van der Waals surface area contributed by atoms with Gasteiger partial charge >= 0.3 is 0 Å². The predicted molar refractivity (Wildman–Crippen MR) is 85.9 cm³/mol. The van der Waals surface area contributed by atoms with E-state index in [9.17, 15) is 0 Å². The van der Waals surface area contributed by atoms with Crippen molar-refractivity contribution in [3.05, 3.63) is 34.2 Å². The molecule has 0 saturated heterocycles. The van der Waals surface area contributed by atoms with Crippen LogP contribution in [0.25, 0.3) is 11.4 Å². The van der Waals surface area contributed by atoms with Gasteiger partial charge in [0.15, 0.2) is 5.82 Å². The minimum Gasteiger partial charge on any atom is -0.369 e. The van der Waals surface area contributed by atoms with E-state index in [0.717, 1.165) is 52.3 Å². The third-order valence-electron chi connectivity index (χ3n) is 3.08. The molecule has 0 atom stereocenters. The molecule has 0 unspecified atom stereocenters. The Morgan fingerprint density at radius 1 is 1.25 bits per heavy atom. The number of hydrogen-bond acceptors (Lipinski definition) is 4. The van der Waals surface area contributed by atoms with Gasteiger partial charge in [0.05, 0.1) is 10.2 Å². The summed E-state index contributed by atoms with van der Waals surface area (Å²) in [5.74, 6) is 1.59. The van der Waals surface area contributed by atoms with Gasteiger partial charge in [-0.25, -0.2) is 9.97 Å². The molecule has 4 nitrogen and oxygen atoms in total. The van der Waals surface area contributed by atoms with Crippen molar-refractivity contribution in [3.63, 3.8) is 0 Å². The maximum atomic E-state index is 4.65. The summed E-state index contributed by atoms with van der Waals surface area (Å²) >= 11 is 3.59. The number of aryl methyl sites for hydroxylation is 2. The molecule has 0 bridgehead atoms. The Bertz CT molecular complexity index is 598. The van der Waals surface area contributed by atoms with Crippen LogP contribution in [0.2, 0.25) is 0 Å². The van der Waals surface area contributed by atoms with E-state index in [1.807, 2.05) is 19.2 Å². The quantitative estimate of drug-likeness (QED) is 0.897. The highest BCUT2D eigenvalue weighted by atomic mass is 79.9. The number of rotatable bonds is 5. The Morgan fingerprint density at radius 3 is 2.70 bits per heavy atom. The molecule has 0 fully saturated rings. The third kappa shape index (κ3) is 3.15. The maximum absolute atomic E-state index is 4.65. The van der Waals surface area contributed by atoms with Crippen molar-refractivity contribution >= 4 is 21.7 Å². The third-order valence-corrected chi connectivity index (χ3v) is 3.91. The molecule has 106 valence electrons. The van der Waals surface area contributed by atoms with Crippen molar-refractivity contribution in [3.8, 4) is 11.4 Å². The van der Waals surface area contributed by atoms with Gasteiger partial charge in [-0.15, -0.1) is 0 Å². The second-order valence-electron chi connectivity index (χ2n) is 4.63. The summed E-state index contributed by atoms with van der Waals surface area (Å²) in [5.41, 5.74) is 3.12. The van der Waals surface area contributed by atoms with Crippen LogP contribution in [0.1, 0.15) is 31.5 Å². The summed E-state index contributed by atoms with van der Waals surface area (Å²) in [5, 5.41) is 3.35. The molecule has 2 rings (SSSR count). The Labute approximate surface area is 128 Å². The Morgan fingerprint density at radius 2 is 2.05 bits per heavy atom. The van der Waals surface area contributed by atoms with Gasteiger partial charge in [-0.3, -0.25) is 4.98 Å². The number of halogens is 1. The van der Waals surface area contributed by atoms with E-state index in [1.165, 1.54) is 0 Å². The van der Waals surface area contributed by atoms with Crippen LogP contribution in [0.15, 0.2) is 22.9 Å². The number of hydrogen-bond donors (Lipinski definition) is 1. The Hall–Kier alpha value is -1.49. The van der Waals surface area contributed by atoms with Gasteiger partial charge in [-0.2, -0.15) is 0 Å². The van der Waals surface area contributed by atoms with E-state index in [0.29, 0.717) is 0 Å². The normalized spacial score (nSPS) is 10.6. The number of pyridine rings is 1. The minimum atomic E-state index is 0.731. The van der Waals surface area contributed by atoms with Gasteiger partial charge in [-0.05, 0) is 47.3 Å². The predicted octanol–water partition coefficient (Wildman–Crippen LogP) is 3.99. The highest BCUT2D eigenvalue weighted by Crippen LogP contribution is 2.28. The summed E-state index contributed by atoms with van der Waals surface area (Å²) in [6.07, 6.45) is 5.52. The molecule has 2 heterocycles. The first-order valence-electron chi connectivity index (χ1n) is 6.88. The molecule has 2 aromatic rings. The lowest BCUT2D eigenvalue weighted by Crippen LogP contribution is -2.07. The van der Waals surface area contributed by atoms with Crippen molar-refractivity contribution in [1.29, 1.82) is 0 Å². The first kappa shape index (κ1) is 14.9. The molecule has 1 N–H and O–H groups in total. The van der Waals surface area contributed by atoms with Crippen LogP contribution in [0.3, 0.4) is 0 Å². The van der Waals surface area contributed by atoms with E-state index in [1.54, 1.807) is 6.20 Å². The maximum Gasteiger partial charge on any atom is 0.163 e. The van der Waals surface area contributed by atoms with Gasteiger partial charge in [0.25, 0.3) is 0 Å². The molecule has 0 aliphatic rings. The van der Waals surface area contributed by atoms with Crippen LogP contribution in [0.4, 0.5) is 5.82 Å². The average Bonchev–Trinajstić information content (AvgIpc) is 2.47. The van der Waals surface area contributed by atoms with Crippen LogP contribution in [-0.4, -0.2) is 21.5 Å². The number of anilines is 1. The first-order valence-corrected chi connectivity index (χ1v) is 7.67. The van der Waals surface area contributed by atoms with E-state index in [4.69, 9.17) is 0 Å². The highest BCUT2D eigenvalue weighted by molar-refractivity contribution is 9.10. The van der Waals surface area contributed by atoms with Crippen LogP contribution in [0.5, 0.6) is 0 Å². The standard InChI is InChI=1S/C15H19BrN4/c1-4-7-18-15-13(16)12(5-2)19-14(20-15)11-9-17-8-6-10(11)3/h6,8-9H,4-5,7H2,1-3H3,(H,18,19,20). The zero-order valence-corrected chi connectivity index (χ0v) is 13.7. The van der Waals surface area contributed by atoms with Gasteiger partial charge in [0.2, 0.25) is 0 Å².